The normalized spacial score (nSPS) is 15.3. The summed E-state index contributed by atoms with van der Waals surface area (Å²) in [5, 5.41) is 13.0. The molecule has 2 N–H and O–H groups in total. The van der Waals surface area contributed by atoms with Crippen molar-refractivity contribution in [2.45, 2.75) is 71.9 Å². The predicted octanol–water partition coefficient (Wildman–Crippen LogP) is 2.64. The van der Waals surface area contributed by atoms with E-state index >= 15 is 0 Å². The maximum atomic E-state index is 9.53. The van der Waals surface area contributed by atoms with Crippen molar-refractivity contribution in [3.05, 3.63) is 0 Å². The fourth-order valence-electron chi connectivity index (χ4n) is 2.55. The average molecular weight is 258 g/mol. The van der Waals surface area contributed by atoms with Crippen LogP contribution in [0.4, 0.5) is 0 Å². The molecule has 18 heavy (non-hydrogen) atoms. The van der Waals surface area contributed by atoms with Crippen molar-refractivity contribution in [3.8, 4) is 0 Å². The lowest BCUT2D eigenvalue weighted by molar-refractivity contribution is 0.148. The van der Waals surface area contributed by atoms with Crippen LogP contribution < -0.4 is 5.32 Å². The summed E-state index contributed by atoms with van der Waals surface area (Å²) in [5.74, 6) is 0. The zero-order valence-electron chi connectivity index (χ0n) is 13.1. The van der Waals surface area contributed by atoms with Crippen LogP contribution in [0.3, 0.4) is 0 Å². The van der Waals surface area contributed by atoms with Gasteiger partial charge in [-0.05, 0) is 52.2 Å². The van der Waals surface area contributed by atoms with Crippen LogP contribution in [0.15, 0.2) is 0 Å². The molecule has 0 aromatic carbocycles. The van der Waals surface area contributed by atoms with E-state index in [2.05, 4.69) is 44.8 Å². The van der Waals surface area contributed by atoms with Crippen molar-refractivity contribution in [3.63, 3.8) is 0 Å². The highest BCUT2D eigenvalue weighted by Gasteiger charge is 2.23. The number of nitrogens with zero attached hydrogens (tertiary/aromatic N) is 1. The number of rotatable bonds is 11. The van der Waals surface area contributed by atoms with E-state index in [1.54, 1.807) is 0 Å². The Labute approximate surface area is 114 Å². The van der Waals surface area contributed by atoms with Gasteiger partial charge in [0.05, 0.1) is 6.61 Å². The summed E-state index contributed by atoms with van der Waals surface area (Å²) >= 11 is 0. The van der Waals surface area contributed by atoms with Crippen molar-refractivity contribution in [2.75, 3.05) is 26.2 Å². The van der Waals surface area contributed by atoms with Gasteiger partial charge in [-0.3, -0.25) is 0 Å². The third kappa shape index (κ3) is 8.06. The summed E-state index contributed by atoms with van der Waals surface area (Å²) in [4.78, 5) is 2.53. The van der Waals surface area contributed by atoms with E-state index < -0.39 is 0 Å². The molecule has 0 aromatic heterocycles. The summed E-state index contributed by atoms with van der Waals surface area (Å²) in [6.45, 7) is 14.6. The van der Waals surface area contributed by atoms with E-state index in [-0.39, 0.29) is 12.1 Å². The smallest absolute Gasteiger partial charge is 0.0610 e. The maximum absolute atomic E-state index is 9.53. The van der Waals surface area contributed by atoms with E-state index in [0.29, 0.717) is 6.04 Å². The van der Waals surface area contributed by atoms with Crippen LogP contribution in [-0.4, -0.2) is 47.8 Å². The number of hydrogen-bond acceptors (Lipinski definition) is 3. The molecule has 3 heteroatoms. The van der Waals surface area contributed by atoms with Crippen LogP contribution in [0.2, 0.25) is 0 Å². The molecule has 0 fully saturated rings. The number of hydrogen-bond donors (Lipinski definition) is 2. The molecule has 0 aliphatic heterocycles. The molecule has 0 bridgehead atoms. The van der Waals surface area contributed by atoms with Gasteiger partial charge in [0, 0.05) is 11.6 Å². The van der Waals surface area contributed by atoms with E-state index in [0.717, 1.165) is 19.4 Å². The molecule has 0 saturated heterocycles. The summed E-state index contributed by atoms with van der Waals surface area (Å²) in [5.41, 5.74) is -0.127. The van der Waals surface area contributed by atoms with E-state index in [1.807, 2.05) is 0 Å². The molecule has 3 nitrogen and oxygen atoms in total. The van der Waals surface area contributed by atoms with Gasteiger partial charge in [-0.25, -0.2) is 0 Å². The fraction of sp³-hybridized carbons (Fsp3) is 1.00. The molecule has 1 unspecified atom stereocenters. The minimum Gasteiger partial charge on any atom is -0.394 e. The highest BCUT2D eigenvalue weighted by molar-refractivity contribution is 4.84. The topological polar surface area (TPSA) is 35.5 Å². The lowest BCUT2D eigenvalue weighted by Gasteiger charge is -2.32. The molecule has 0 aliphatic rings. The Morgan fingerprint density at radius 1 is 1.11 bits per heavy atom. The Bertz CT molecular complexity index is 191. The Balaban J connectivity index is 4.03. The fourth-order valence-corrected chi connectivity index (χ4v) is 2.55. The van der Waals surface area contributed by atoms with Crippen LogP contribution in [0, 0.1) is 0 Å². The van der Waals surface area contributed by atoms with Crippen molar-refractivity contribution in [1.82, 2.24) is 10.2 Å². The zero-order valence-corrected chi connectivity index (χ0v) is 13.1. The monoisotopic (exact) mass is 258 g/mol. The van der Waals surface area contributed by atoms with E-state index in [4.69, 9.17) is 0 Å². The SMILES string of the molecule is CCCN(CCC)CCCC(C)(CO)NC(C)C. The first-order valence-corrected chi connectivity index (χ1v) is 7.58. The van der Waals surface area contributed by atoms with Crippen LogP contribution in [0.5, 0.6) is 0 Å². The Morgan fingerprint density at radius 3 is 2.06 bits per heavy atom. The second-order valence-corrected chi connectivity index (χ2v) is 5.96. The minimum atomic E-state index is -0.127. The molecule has 1 atom stereocenters. The highest BCUT2D eigenvalue weighted by Crippen LogP contribution is 2.13. The van der Waals surface area contributed by atoms with Gasteiger partial charge in [0.1, 0.15) is 0 Å². The standard InChI is InChI=1S/C15H34N2O/c1-6-10-17(11-7-2)12-8-9-15(5,13-18)16-14(3)4/h14,16,18H,6-13H2,1-5H3. The predicted molar refractivity (Wildman–Crippen MR) is 80.0 cm³/mol. The quantitative estimate of drug-likeness (QED) is 0.598. The number of aliphatic hydroxyl groups is 1. The first-order valence-electron chi connectivity index (χ1n) is 7.58. The Kier molecular flexibility index (Phi) is 9.70. The highest BCUT2D eigenvalue weighted by atomic mass is 16.3. The molecule has 0 amide bonds. The molecule has 0 aliphatic carbocycles. The Morgan fingerprint density at radius 2 is 1.67 bits per heavy atom. The third-order valence-electron chi connectivity index (χ3n) is 3.27. The van der Waals surface area contributed by atoms with Gasteiger partial charge in [0.25, 0.3) is 0 Å². The molecular formula is C15H34N2O. The molecule has 110 valence electrons. The van der Waals surface area contributed by atoms with E-state index in [9.17, 15) is 5.11 Å². The van der Waals surface area contributed by atoms with Crippen LogP contribution in [0.25, 0.3) is 0 Å². The summed E-state index contributed by atoms with van der Waals surface area (Å²) in [6.07, 6.45) is 4.63. The van der Waals surface area contributed by atoms with Crippen LogP contribution in [-0.2, 0) is 0 Å². The first-order chi connectivity index (χ1) is 8.47. The molecule has 0 spiro atoms. The molecular weight excluding hydrogens is 224 g/mol. The lowest BCUT2D eigenvalue weighted by atomic mass is 9.95. The van der Waals surface area contributed by atoms with Gasteiger partial charge in [0.15, 0.2) is 0 Å². The summed E-state index contributed by atoms with van der Waals surface area (Å²) in [7, 11) is 0. The average Bonchev–Trinajstić information content (AvgIpc) is 2.28. The molecule has 0 aromatic rings. The van der Waals surface area contributed by atoms with Gasteiger partial charge in [-0.2, -0.15) is 0 Å². The van der Waals surface area contributed by atoms with Gasteiger partial charge in [-0.15, -0.1) is 0 Å². The van der Waals surface area contributed by atoms with Crippen LogP contribution >= 0.6 is 0 Å². The maximum Gasteiger partial charge on any atom is 0.0610 e. The molecule has 0 rings (SSSR count). The lowest BCUT2D eigenvalue weighted by Crippen LogP contribution is -2.49. The van der Waals surface area contributed by atoms with Crippen molar-refractivity contribution >= 4 is 0 Å². The number of nitrogens with one attached hydrogen (secondary N) is 1. The zero-order chi connectivity index (χ0) is 14.0. The van der Waals surface area contributed by atoms with Crippen molar-refractivity contribution < 1.29 is 5.11 Å². The number of aliphatic hydroxyl groups excluding tert-OH is 1. The largest absolute Gasteiger partial charge is 0.394 e. The third-order valence-corrected chi connectivity index (χ3v) is 3.27. The van der Waals surface area contributed by atoms with Gasteiger partial charge >= 0.3 is 0 Å². The summed E-state index contributed by atoms with van der Waals surface area (Å²) < 4.78 is 0. The Hall–Kier alpha value is -0.120. The second-order valence-electron chi connectivity index (χ2n) is 5.96. The van der Waals surface area contributed by atoms with Crippen molar-refractivity contribution in [1.29, 1.82) is 0 Å². The van der Waals surface area contributed by atoms with Gasteiger partial charge in [0.2, 0.25) is 0 Å². The molecule has 0 radical (unpaired) electrons. The summed E-state index contributed by atoms with van der Waals surface area (Å²) in [6, 6.07) is 0.421. The molecule has 0 saturated carbocycles. The van der Waals surface area contributed by atoms with E-state index in [1.165, 1.54) is 25.9 Å². The minimum absolute atomic E-state index is 0.127. The molecule has 0 heterocycles. The van der Waals surface area contributed by atoms with Gasteiger partial charge < -0.3 is 15.3 Å². The van der Waals surface area contributed by atoms with Crippen LogP contribution in [0.1, 0.15) is 60.3 Å². The first kappa shape index (κ1) is 17.9. The van der Waals surface area contributed by atoms with Crippen molar-refractivity contribution in [2.24, 2.45) is 0 Å². The van der Waals surface area contributed by atoms with Gasteiger partial charge in [-0.1, -0.05) is 27.7 Å². The second kappa shape index (κ2) is 9.76.